The second-order valence-electron chi connectivity index (χ2n) is 7.64. The molecule has 1 N–H and O–H groups in total. The molecule has 0 saturated heterocycles. The van der Waals surface area contributed by atoms with Crippen LogP contribution in [0.1, 0.15) is 24.8 Å². The van der Waals surface area contributed by atoms with Gasteiger partial charge < -0.3 is 14.8 Å². The molecular weight excluding hydrogens is 474 g/mol. The number of methoxy groups -OCH3 is 1. The Morgan fingerprint density at radius 2 is 1.97 bits per heavy atom. The van der Waals surface area contributed by atoms with Crippen LogP contribution in [0.2, 0.25) is 5.02 Å². The third-order valence-corrected chi connectivity index (χ3v) is 6.73. The molecule has 9 heteroatoms. The average Bonchev–Trinajstić information content (AvgIpc) is 3.16. The van der Waals surface area contributed by atoms with Gasteiger partial charge in [-0.15, -0.1) is 11.3 Å². The summed E-state index contributed by atoms with van der Waals surface area (Å²) in [6.45, 7) is 6.12. The third kappa shape index (κ3) is 4.51. The number of thiophene rings is 1. The van der Waals surface area contributed by atoms with Crippen molar-refractivity contribution in [2.24, 2.45) is 0 Å². The molecule has 7 nitrogen and oxygen atoms in total. The molecule has 4 rings (SSSR count). The minimum absolute atomic E-state index is 0.279. The maximum absolute atomic E-state index is 13.6. The van der Waals surface area contributed by atoms with Gasteiger partial charge in [-0.2, -0.15) is 0 Å². The van der Waals surface area contributed by atoms with E-state index < -0.39 is 11.9 Å². The SMILES string of the molecule is CCOc1ccc(-c2c(C)sc3ncn(C(C)C(=O)Nc4cc(Cl)ccc4OC)c(=O)c23)cc1. The molecule has 1 unspecified atom stereocenters. The van der Waals surface area contributed by atoms with E-state index in [-0.39, 0.29) is 5.56 Å². The summed E-state index contributed by atoms with van der Waals surface area (Å²) in [6, 6.07) is 11.7. The molecule has 2 heterocycles. The lowest BCUT2D eigenvalue weighted by Crippen LogP contribution is -2.31. The van der Waals surface area contributed by atoms with E-state index in [9.17, 15) is 9.59 Å². The predicted octanol–water partition coefficient (Wildman–Crippen LogP) is 5.69. The first-order chi connectivity index (χ1) is 16.3. The summed E-state index contributed by atoms with van der Waals surface area (Å²) in [5.74, 6) is 0.844. The van der Waals surface area contributed by atoms with Gasteiger partial charge in [0.15, 0.2) is 0 Å². The standard InChI is InChI=1S/C25H24ClN3O4S/c1-5-33-18-9-6-16(7-10-18)21-15(3)34-24-22(21)25(31)29(13-27-24)14(2)23(30)28-19-12-17(26)8-11-20(19)32-4/h6-14H,5H2,1-4H3,(H,28,30). The Hall–Kier alpha value is -3.36. The topological polar surface area (TPSA) is 82.5 Å². The van der Waals surface area contributed by atoms with Crippen LogP contribution >= 0.6 is 22.9 Å². The van der Waals surface area contributed by atoms with Crippen molar-refractivity contribution >= 4 is 44.7 Å². The molecule has 0 spiro atoms. The molecule has 0 fully saturated rings. The molecule has 2 aromatic heterocycles. The lowest BCUT2D eigenvalue weighted by atomic mass is 10.0. The van der Waals surface area contributed by atoms with Crippen LogP contribution in [0.5, 0.6) is 11.5 Å². The molecule has 1 amide bonds. The Kier molecular flexibility index (Phi) is 6.90. The van der Waals surface area contributed by atoms with Gasteiger partial charge in [0.05, 0.1) is 31.1 Å². The smallest absolute Gasteiger partial charge is 0.263 e. The van der Waals surface area contributed by atoms with E-state index in [1.807, 2.05) is 38.1 Å². The number of fused-ring (bicyclic) bond motifs is 1. The van der Waals surface area contributed by atoms with Crippen molar-refractivity contribution in [3.63, 3.8) is 0 Å². The Bertz CT molecular complexity index is 1410. The van der Waals surface area contributed by atoms with Crippen LogP contribution in [0.3, 0.4) is 0 Å². The molecule has 2 aromatic carbocycles. The number of rotatable bonds is 7. The number of carbonyl (C=O) groups excluding carboxylic acids is 1. The fraction of sp³-hybridized carbons (Fsp3) is 0.240. The highest BCUT2D eigenvalue weighted by atomic mass is 35.5. The molecule has 0 aliphatic rings. The number of aryl methyl sites for hydroxylation is 1. The molecule has 176 valence electrons. The van der Waals surface area contributed by atoms with Crippen LogP contribution in [-0.2, 0) is 4.79 Å². The van der Waals surface area contributed by atoms with Crippen LogP contribution in [0.25, 0.3) is 21.3 Å². The molecule has 0 bridgehead atoms. The van der Waals surface area contributed by atoms with Gasteiger partial charge in [-0.3, -0.25) is 14.2 Å². The predicted molar refractivity (Wildman–Crippen MR) is 137 cm³/mol. The van der Waals surface area contributed by atoms with Crippen LogP contribution in [-0.4, -0.2) is 29.2 Å². The average molecular weight is 498 g/mol. The lowest BCUT2D eigenvalue weighted by Gasteiger charge is -2.16. The van der Waals surface area contributed by atoms with Crippen LogP contribution in [0.4, 0.5) is 5.69 Å². The monoisotopic (exact) mass is 497 g/mol. The van der Waals surface area contributed by atoms with Crippen molar-refractivity contribution in [1.29, 1.82) is 0 Å². The maximum Gasteiger partial charge on any atom is 0.263 e. The molecule has 0 aliphatic carbocycles. The number of amides is 1. The van der Waals surface area contributed by atoms with Gasteiger partial charge in [-0.1, -0.05) is 23.7 Å². The second kappa shape index (κ2) is 9.87. The van der Waals surface area contributed by atoms with E-state index in [4.69, 9.17) is 21.1 Å². The Balaban J connectivity index is 1.72. The first-order valence-corrected chi connectivity index (χ1v) is 11.9. The van der Waals surface area contributed by atoms with E-state index in [2.05, 4.69) is 10.3 Å². The molecule has 1 atom stereocenters. The van der Waals surface area contributed by atoms with Crippen LogP contribution < -0.4 is 20.3 Å². The van der Waals surface area contributed by atoms with Gasteiger partial charge in [0, 0.05) is 15.5 Å². The normalized spacial score (nSPS) is 11.9. The third-order valence-electron chi connectivity index (χ3n) is 5.48. The second-order valence-corrected chi connectivity index (χ2v) is 9.28. The summed E-state index contributed by atoms with van der Waals surface area (Å²) in [5.41, 5.74) is 1.86. The van der Waals surface area contributed by atoms with Crippen molar-refractivity contribution in [2.75, 3.05) is 19.0 Å². The highest BCUT2D eigenvalue weighted by Gasteiger charge is 2.22. The largest absolute Gasteiger partial charge is 0.495 e. The first kappa shape index (κ1) is 23.8. The zero-order valence-corrected chi connectivity index (χ0v) is 20.8. The van der Waals surface area contributed by atoms with E-state index in [0.717, 1.165) is 21.8 Å². The van der Waals surface area contributed by atoms with Crippen molar-refractivity contribution in [3.05, 3.63) is 69.0 Å². The van der Waals surface area contributed by atoms with E-state index in [1.54, 1.807) is 25.1 Å². The first-order valence-electron chi connectivity index (χ1n) is 10.7. The Morgan fingerprint density at radius 1 is 1.24 bits per heavy atom. The van der Waals surface area contributed by atoms with Gasteiger partial charge in [0.2, 0.25) is 5.91 Å². The van der Waals surface area contributed by atoms with Crippen LogP contribution in [0.15, 0.2) is 53.6 Å². The number of nitrogens with one attached hydrogen (secondary N) is 1. The molecule has 4 aromatic rings. The van der Waals surface area contributed by atoms with Crippen molar-refractivity contribution in [2.45, 2.75) is 26.8 Å². The van der Waals surface area contributed by atoms with Gasteiger partial charge >= 0.3 is 0 Å². The van der Waals surface area contributed by atoms with Gasteiger partial charge in [-0.25, -0.2) is 4.98 Å². The number of hydrogen-bond acceptors (Lipinski definition) is 6. The summed E-state index contributed by atoms with van der Waals surface area (Å²) < 4.78 is 12.2. The number of carbonyl (C=O) groups is 1. The van der Waals surface area contributed by atoms with Crippen molar-refractivity contribution in [3.8, 4) is 22.6 Å². The Labute approximate surface area is 205 Å². The minimum Gasteiger partial charge on any atom is -0.495 e. The molecule has 34 heavy (non-hydrogen) atoms. The molecular formula is C25H24ClN3O4S. The number of aromatic nitrogens is 2. The summed E-state index contributed by atoms with van der Waals surface area (Å²) in [7, 11) is 1.51. The minimum atomic E-state index is -0.818. The summed E-state index contributed by atoms with van der Waals surface area (Å²) in [5, 5.41) is 3.75. The van der Waals surface area contributed by atoms with Gasteiger partial charge in [0.25, 0.3) is 5.56 Å². The number of hydrogen-bond donors (Lipinski definition) is 1. The lowest BCUT2D eigenvalue weighted by molar-refractivity contribution is -0.118. The zero-order chi connectivity index (χ0) is 24.4. The fourth-order valence-corrected chi connectivity index (χ4v) is 4.94. The highest BCUT2D eigenvalue weighted by molar-refractivity contribution is 7.19. The number of ether oxygens (including phenoxy) is 2. The summed E-state index contributed by atoms with van der Waals surface area (Å²) in [4.78, 5) is 32.7. The number of benzene rings is 2. The zero-order valence-electron chi connectivity index (χ0n) is 19.2. The Morgan fingerprint density at radius 3 is 2.65 bits per heavy atom. The number of halogens is 1. The van der Waals surface area contributed by atoms with E-state index >= 15 is 0 Å². The molecule has 0 radical (unpaired) electrons. The summed E-state index contributed by atoms with van der Waals surface area (Å²) >= 11 is 7.52. The van der Waals surface area contributed by atoms with Gasteiger partial charge in [0.1, 0.15) is 22.4 Å². The number of nitrogens with zero attached hydrogens (tertiary/aromatic N) is 2. The highest BCUT2D eigenvalue weighted by Crippen LogP contribution is 2.36. The number of anilines is 1. The quantitative estimate of drug-likeness (QED) is 0.354. The van der Waals surface area contributed by atoms with E-state index in [0.29, 0.717) is 33.3 Å². The molecule has 0 saturated carbocycles. The fourth-order valence-electron chi connectivity index (χ4n) is 3.76. The van der Waals surface area contributed by atoms with Gasteiger partial charge in [-0.05, 0) is 56.7 Å². The van der Waals surface area contributed by atoms with E-state index in [1.165, 1.54) is 29.3 Å². The van der Waals surface area contributed by atoms with Crippen LogP contribution in [0, 0.1) is 6.92 Å². The molecule has 0 aliphatic heterocycles. The van der Waals surface area contributed by atoms with Crippen molar-refractivity contribution < 1.29 is 14.3 Å². The summed E-state index contributed by atoms with van der Waals surface area (Å²) in [6.07, 6.45) is 1.42. The van der Waals surface area contributed by atoms with Crippen molar-refractivity contribution in [1.82, 2.24) is 9.55 Å². The maximum atomic E-state index is 13.6.